The van der Waals surface area contributed by atoms with Crippen LogP contribution in [0.2, 0.25) is 5.02 Å². The minimum atomic E-state index is -0.615. The van der Waals surface area contributed by atoms with Crippen LogP contribution in [0.4, 0.5) is 0 Å². The number of benzene rings is 2. The topological polar surface area (TPSA) is 38.3 Å². The zero-order valence-electron chi connectivity index (χ0n) is 12.0. The van der Waals surface area contributed by atoms with Gasteiger partial charge in [-0.05, 0) is 31.5 Å². The number of ether oxygens (including phenoxy) is 1. The molecule has 0 aliphatic rings. The number of hydrogen-bond donors (Lipinski definition) is 1. The molecule has 1 N–H and O–H groups in total. The third-order valence-electron chi connectivity index (χ3n) is 3.17. The van der Waals surface area contributed by atoms with Crippen molar-refractivity contribution in [3.63, 3.8) is 0 Å². The first-order valence-corrected chi connectivity index (χ1v) is 7.22. The molecule has 2 aromatic rings. The Bertz CT molecular complexity index is 601. The van der Waals surface area contributed by atoms with Crippen molar-refractivity contribution in [1.82, 2.24) is 5.32 Å². The summed E-state index contributed by atoms with van der Waals surface area (Å²) in [5, 5.41) is 3.42. The minimum absolute atomic E-state index is 0.0732. The van der Waals surface area contributed by atoms with Crippen LogP contribution in [0.1, 0.15) is 25.5 Å². The lowest BCUT2D eigenvalue weighted by Crippen LogP contribution is -2.37. The van der Waals surface area contributed by atoms with Crippen LogP contribution in [0.25, 0.3) is 0 Å². The molecule has 4 heteroatoms. The zero-order valence-corrected chi connectivity index (χ0v) is 12.8. The second-order valence-electron chi connectivity index (χ2n) is 4.83. The molecule has 0 heterocycles. The highest BCUT2D eigenvalue weighted by molar-refractivity contribution is 6.32. The van der Waals surface area contributed by atoms with Gasteiger partial charge in [0.1, 0.15) is 5.75 Å². The van der Waals surface area contributed by atoms with Gasteiger partial charge in [0, 0.05) is 0 Å². The highest BCUT2D eigenvalue weighted by Gasteiger charge is 2.18. The van der Waals surface area contributed by atoms with Crippen LogP contribution in [-0.2, 0) is 4.79 Å². The van der Waals surface area contributed by atoms with E-state index in [4.69, 9.17) is 16.3 Å². The fraction of sp³-hybridized carbons (Fsp3) is 0.235. The van der Waals surface area contributed by atoms with Crippen molar-refractivity contribution in [2.75, 3.05) is 0 Å². The molecule has 21 heavy (non-hydrogen) atoms. The Morgan fingerprint density at radius 3 is 2.33 bits per heavy atom. The summed E-state index contributed by atoms with van der Waals surface area (Å²) in [5.74, 6) is 0.334. The molecule has 1 amide bonds. The Morgan fingerprint density at radius 1 is 1.05 bits per heavy atom. The number of hydrogen-bond acceptors (Lipinski definition) is 2. The Balaban J connectivity index is 1.95. The van der Waals surface area contributed by atoms with Crippen molar-refractivity contribution in [3.05, 3.63) is 65.2 Å². The molecule has 0 saturated carbocycles. The number of halogens is 1. The maximum absolute atomic E-state index is 12.2. The molecule has 0 aromatic heterocycles. The number of rotatable bonds is 5. The summed E-state index contributed by atoms with van der Waals surface area (Å²) in [6, 6.07) is 16.8. The zero-order chi connectivity index (χ0) is 15.2. The predicted octanol–water partition coefficient (Wildman–Crippen LogP) is 3.98. The molecule has 0 bridgehead atoms. The van der Waals surface area contributed by atoms with Gasteiger partial charge in [-0.1, -0.05) is 54.1 Å². The summed E-state index contributed by atoms with van der Waals surface area (Å²) in [6.07, 6.45) is -0.615. The number of carbonyl (C=O) groups is 1. The summed E-state index contributed by atoms with van der Waals surface area (Å²) >= 11 is 6.02. The SMILES string of the molecule is C[C@H](Oc1ccccc1Cl)C(=O)N[C@H](C)c1ccccc1. The van der Waals surface area contributed by atoms with Crippen LogP contribution >= 0.6 is 11.6 Å². The van der Waals surface area contributed by atoms with Gasteiger partial charge >= 0.3 is 0 Å². The predicted molar refractivity (Wildman–Crippen MR) is 84.5 cm³/mol. The van der Waals surface area contributed by atoms with Gasteiger partial charge < -0.3 is 10.1 Å². The average molecular weight is 304 g/mol. The quantitative estimate of drug-likeness (QED) is 0.907. The number of nitrogens with one attached hydrogen (secondary N) is 1. The van der Waals surface area contributed by atoms with Crippen LogP contribution in [0.5, 0.6) is 5.75 Å². The normalized spacial score (nSPS) is 13.3. The fourth-order valence-corrected chi connectivity index (χ4v) is 2.12. The second-order valence-corrected chi connectivity index (χ2v) is 5.24. The highest BCUT2D eigenvalue weighted by Crippen LogP contribution is 2.24. The standard InChI is InChI=1S/C17H18ClNO2/c1-12(14-8-4-3-5-9-14)19-17(20)13(2)21-16-11-7-6-10-15(16)18/h3-13H,1-2H3,(H,19,20)/t12-,13+/m1/s1. The van der Waals surface area contributed by atoms with Crippen molar-refractivity contribution in [2.45, 2.75) is 26.0 Å². The Labute approximate surface area is 129 Å². The van der Waals surface area contributed by atoms with E-state index in [2.05, 4.69) is 5.32 Å². The van der Waals surface area contributed by atoms with Crippen LogP contribution in [0.15, 0.2) is 54.6 Å². The third kappa shape index (κ3) is 4.23. The van der Waals surface area contributed by atoms with E-state index < -0.39 is 6.10 Å². The largest absolute Gasteiger partial charge is 0.479 e. The molecule has 0 radical (unpaired) electrons. The maximum Gasteiger partial charge on any atom is 0.261 e. The molecule has 110 valence electrons. The van der Waals surface area contributed by atoms with Crippen molar-refractivity contribution in [1.29, 1.82) is 0 Å². The van der Waals surface area contributed by atoms with E-state index >= 15 is 0 Å². The summed E-state index contributed by atoms with van der Waals surface area (Å²) in [6.45, 7) is 3.64. The lowest BCUT2D eigenvalue weighted by molar-refractivity contribution is -0.127. The smallest absolute Gasteiger partial charge is 0.261 e. The molecule has 2 aromatic carbocycles. The van der Waals surface area contributed by atoms with E-state index in [1.807, 2.05) is 49.4 Å². The van der Waals surface area contributed by atoms with Crippen molar-refractivity contribution in [2.24, 2.45) is 0 Å². The van der Waals surface area contributed by atoms with Gasteiger partial charge in [0.2, 0.25) is 0 Å². The molecule has 3 nitrogen and oxygen atoms in total. The van der Waals surface area contributed by atoms with Crippen molar-refractivity contribution < 1.29 is 9.53 Å². The molecule has 2 rings (SSSR count). The first kappa shape index (κ1) is 15.4. The van der Waals surface area contributed by atoms with E-state index in [0.29, 0.717) is 10.8 Å². The molecular weight excluding hydrogens is 286 g/mol. The molecule has 0 saturated heterocycles. The third-order valence-corrected chi connectivity index (χ3v) is 3.48. The van der Waals surface area contributed by atoms with Crippen LogP contribution in [0.3, 0.4) is 0 Å². The Kier molecular flexibility index (Phi) is 5.23. The second kappa shape index (κ2) is 7.14. The van der Waals surface area contributed by atoms with E-state index in [1.54, 1.807) is 19.1 Å². The molecular formula is C17H18ClNO2. The van der Waals surface area contributed by atoms with Gasteiger partial charge in [-0.2, -0.15) is 0 Å². The fourth-order valence-electron chi connectivity index (χ4n) is 1.94. The maximum atomic E-state index is 12.2. The monoisotopic (exact) mass is 303 g/mol. The molecule has 0 unspecified atom stereocenters. The van der Waals surface area contributed by atoms with Gasteiger partial charge in [0.25, 0.3) is 5.91 Å². The van der Waals surface area contributed by atoms with Gasteiger partial charge in [-0.15, -0.1) is 0 Å². The van der Waals surface area contributed by atoms with Gasteiger partial charge in [0.15, 0.2) is 6.10 Å². The average Bonchev–Trinajstić information content (AvgIpc) is 2.50. The van der Waals surface area contributed by atoms with Crippen molar-refractivity contribution in [3.8, 4) is 5.75 Å². The van der Waals surface area contributed by atoms with E-state index in [1.165, 1.54) is 0 Å². The minimum Gasteiger partial charge on any atom is -0.479 e. The van der Waals surface area contributed by atoms with Gasteiger partial charge in [-0.25, -0.2) is 0 Å². The van der Waals surface area contributed by atoms with Crippen LogP contribution in [0, 0.1) is 0 Å². The number of para-hydroxylation sites is 1. The van der Waals surface area contributed by atoms with E-state index in [9.17, 15) is 4.79 Å². The lowest BCUT2D eigenvalue weighted by Gasteiger charge is -2.19. The van der Waals surface area contributed by atoms with E-state index in [-0.39, 0.29) is 11.9 Å². The first-order chi connectivity index (χ1) is 10.1. The highest BCUT2D eigenvalue weighted by atomic mass is 35.5. The first-order valence-electron chi connectivity index (χ1n) is 6.84. The summed E-state index contributed by atoms with van der Waals surface area (Å²) in [7, 11) is 0. The van der Waals surface area contributed by atoms with Crippen molar-refractivity contribution >= 4 is 17.5 Å². The molecule has 0 aliphatic carbocycles. The number of amides is 1. The lowest BCUT2D eigenvalue weighted by atomic mass is 10.1. The molecule has 2 atom stereocenters. The summed E-state index contributed by atoms with van der Waals surface area (Å²) in [4.78, 5) is 12.2. The number of carbonyl (C=O) groups excluding carboxylic acids is 1. The molecule has 0 aliphatic heterocycles. The van der Waals surface area contributed by atoms with Crippen LogP contribution in [-0.4, -0.2) is 12.0 Å². The summed E-state index contributed by atoms with van der Waals surface area (Å²) < 4.78 is 5.60. The summed E-state index contributed by atoms with van der Waals surface area (Å²) in [5.41, 5.74) is 1.05. The molecule has 0 spiro atoms. The van der Waals surface area contributed by atoms with Crippen LogP contribution < -0.4 is 10.1 Å². The Hall–Kier alpha value is -2.00. The molecule has 0 fully saturated rings. The Morgan fingerprint density at radius 2 is 1.67 bits per heavy atom. The van der Waals surface area contributed by atoms with Gasteiger partial charge in [-0.3, -0.25) is 4.79 Å². The van der Waals surface area contributed by atoms with Gasteiger partial charge in [0.05, 0.1) is 11.1 Å². The van der Waals surface area contributed by atoms with E-state index in [0.717, 1.165) is 5.56 Å².